The van der Waals surface area contributed by atoms with E-state index in [4.69, 9.17) is 4.74 Å². The first kappa shape index (κ1) is 13.6. The van der Waals surface area contributed by atoms with Crippen LogP contribution in [0.2, 0.25) is 0 Å². The summed E-state index contributed by atoms with van der Waals surface area (Å²) in [6.45, 7) is 0. The third kappa shape index (κ3) is 3.58. The molecule has 0 saturated carbocycles. The normalized spacial score (nSPS) is 12.4. The topological polar surface area (TPSA) is 39.1 Å². The number of benzene rings is 1. The van der Waals surface area contributed by atoms with Gasteiger partial charge in [-0.3, -0.25) is 4.68 Å². The molecule has 0 aliphatic carbocycles. The lowest BCUT2D eigenvalue weighted by atomic mass is 10.00. The van der Waals surface area contributed by atoms with Crippen molar-refractivity contribution in [3.63, 3.8) is 0 Å². The molecule has 0 saturated heterocycles. The number of hydrogen-bond acceptors (Lipinski definition) is 3. The molecule has 0 amide bonds. The summed E-state index contributed by atoms with van der Waals surface area (Å²) in [7, 11) is 5.66. The minimum absolute atomic E-state index is 0.375. The van der Waals surface area contributed by atoms with Crippen LogP contribution >= 0.6 is 0 Å². The van der Waals surface area contributed by atoms with Gasteiger partial charge >= 0.3 is 0 Å². The van der Waals surface area contributed by atoms with Crippen LogP contribution in [0.25, 0.3) is 0 Å². The van der Waals surface area contributed by atoms with Crippen LogP contribution in [0.15, 0.2) is 36.7 Å². The van der Waals surface area contributed by atoms with Crippen molar-refractivity contribution in [1.82, 2.24) is 15.1 Å². The summed E-state index contributed by atoms with van der Waals surface area (Å²) >= 11 is 0. The smallest absolute Gasteiger partial charge is 0.122 e. The zero-order valence-corrected chi connectivity index (χ0v) is 11.8. The molecule has 4 heteroatoms. The van der Waals surface area contributed by atoms with E-state index in [1.807, 2.05) is 37.1 Å². The molecule has 1 unspecified atom stereocenters. The number of rotatable bonds is 6. The summed E-state index contributed by atoms with van der Waals surface area (Å²) in [6.07, 6.45) is 5.89. The zero-order valence-electron chi connectivity index (χ0n) is 11.8. The fraction of sp³-hybridized carbons (Fsp3) is 0.400. The molecule has 102 valence electrons. The summed E-state index contributed by atoms with van der Waals surface area (Å²) in [6, 6.07) is 8.55. The predicted octanol–water partition coefficient (Wildman–Crippen LogP) is 1.80. The van der Waals surface area contributed by atoms with Gasteiger partial charge in [0.1, 0.15) is 5.75 Å². The van der Waals surface area contributed by atoms with Gasteiger partial charge in [-0.25, -0.2) is 0 Å². The monoisotopic (exact) mass is 259 g/mol. The van der Waals surface area contributed by atoms with Gasteiger partial charge in [0, 0.05) is 19.3 Å². The summed E-state index contributed by atoms with van der Waals surface area (Å²) in [5.41, 5.74) is 2.48. The SMILES string of the molecule is CNC(Cc1cnn(C)c1)Cc1ccccc1OC. The number of aryl methyl sites for hydroxylation is 1. The van der Waals surface area contributed by atoms with E-state index in [9.17, 15) is 0 Å². The Bertz CT molecular complexity index is 522. The molecular formula is C15H21N3O. The second kappa shape index (κ2) is 6.38. The van der Waals surface area contributed by atoms with E-state index in [2.05, 4.69) is 28.7 Å². The van der Waals surface area contributed by atoms with Gasteiger partial charge in [0.25, 0.3) is 0 Å². The number of ether oxygens (including phenoxy) is 1. The van der Waals surface area contributed by atoms with Crippen LogP contribution in [0.5, 0.6) is 5.75 Å². The summed E-state index contributed by atoms with van der Waals surface area (Å²) in [5.74, 6) is 0.953. The molecule has 1 atom stereocenters. The summed E-state index contributed by atoms with van der Waals surface area (Å²) < 4.78 is 7.24. The highest BCUT2D eigenvalue weighted by Gasteiger charge is 2.12. The second-order valence-electron chi connectivity index (χ2n) is 4.73. The Labute approximate surface area is 114 Å². The Kier molecular flexibility index (Phi) is 4.58. The number of nitrogens with zero attached hydrogens (tertiary/aromatic N) is 2. The van der Waals surface area contributed by atoms with Crippen molar-refractivity contribution < 1.29 is 4.74 Å². The van der Waals surface area contributed by atoms with E-state index in [1.54, 1.807) is 7.11 Å². The Morgan fingerprint density at radius 1 is 1.32 bits per heavy atom. The van der Waals surface area contributed by atoms with Crippen LogP contribution in [0, 0.1) is 0 Å². The fourth-order valence-corrected chi connectivity index (χ4v) is 2.28. The van der Waals surface area contributed by atoms with Crippen molar-refractivity contribution in [3.05, 3.63) is 47.8 Å². The molecule has 2 aromatic rings. The second-order valence-corrected chi connectivity index (χ2v) is 4.73. The molecule has 1 heterocycles. The van der Waals surface area contributed by atoms with Gasteiger partial charge in [-0.2, -0.15) is 5.10 Å². The van der Waals surface area contributed by atoms with Crippen LogP contribution in [-0.4, -0.2) is 30.0 Å². The maximum atomic E-state index is 5.40. The van der Waals surface area contributed by atoms with Gasteiger partial charge in [0.2, 0.25) is 0 Å². The lowest BCUT2D eigenvalue weighted by Gasteiger charge is -2.17. The first-order chi connectivity index (χ1) is 9.22. The highest BCUT2D eigenvalue weighted by molar-refractivity contribution is 5.34. The Hall–Kier alpha value is -1.81. The number of hydrogen-bond donors (Lipinski definition) is 1. The zero-order chi connectivity index (χ0) is 13.7. The van der Waals surface area contributed by atoms with Gasteiger partial charge in [-0.1, -0.05) is 18.2 Å². The molecule has 1 aromatic heterocycles. The maximum Gasteiger partial charge on any atom is 0.122 e. The molecule has 0 aliphatic rings. The molecule has 19 heavy (non-hydrogen) atoms. The largest absolute Gasteiger partial charge is 0.496 e. The van der Waals surface area contributed by atoms with Crippen LogP contribution in [0.3, 0.4) is 0 Å². The van der Waals surface area contributed by atoms with E-state index in [-0.39, 0.29) is 0 Å². The van der Waals surface area contributed by atoms with Crippen LogP contribution in [0.1, 0.15) is 11.1 Å². The summed E-state index contributed by atoms with van der Waals surface area (Å²) in [5, 5.41) is 7.58. The molecule has 0 radical (unpaired) electrons. The van der Waals surface area contributed by atoms with Gasteiger partial charge in [-0.05, 0) is 37.1 Å². The fourth-order valence-electron chi connectivity index (χ4n) is 2.28. The lowest BCUT2D eigenvalue weighted by molar-refractivity contribution is 0.406. The molecule has 0 spiro atoms. The van der Waals surface area contributed by atoms with E-state index in [0.29, 0.717) is 6.04 Å². The minimum atomic E-state index is 0.375. The summed E-state index contributed by atoms with van der Waals surface area (Å²) in [4.78, 5) is 0. The molecule has 0 bridgehead atoms. The van der Waals surface area contributed by atoms with Crippen molar-refractivity contribution in [1.29, 1.82) is 0 Å². The first-order valence-corrected chi connectivity index (χ1v) is 6.49. The third-order valence-corrected chi connectivity index (χ3v) is 3.31. The average Bonchev–Trinajstić information content (AvgIpc) is 2.84. The van der Waals surface area contributed by atoms with Crippen molar-refractivity contribution in [2.75, 3.05) is 14.2 Å². The van der Waals surface area contributed by atoms with Crippen LogP contribution in [-0.2, 0) is 19.9 Å². The number of para-hydroxylation sites is 1. The minimum Gasteiger partial charge on any atom is -0.496 e. The van der Waals surface area contributed by atoms with Crippen molar-refractivity contribution in [2.24, 2.45) is 7.05 Å². The van der Waals surface area contributed by atoms with E-state index in [1.165, 1.54) is 11.1 Å². The highest BCUT2D eigenvalue weighted by Crippen LogP contribution is 2.19. The molecular weight excluding hydrogens is 238 g/mol. The maximum absolute atomic E-state index is 5.40. The number of methoxy groups -OCH3 is 1. The number of likely N-dealkylation sites (N-methyl/N-ethyl adjacent to an activating group) is 1. The lowest BCUT2D eigenvalue weighted by Crippen LogP contribution is -2.29. The number of nitrogens with one attached hydrogen (secondary N) is 1. The molecule has 2 rings (SSSR count). The van der Waals surface area contributed by atoms with E-state index >= 15 is 0 Å². The highest BCUT2D eigenvalue weighted by atomic mass is 16.5. The average molecular weight is 259 g/mol. The van der Waals surface area contributed by atoms with Gasteiger partial charge < -0.3 is 10.1 Å². The van der Waals surface area contributed by atoms with Crippen molar-refractivity contribution in [2.45, 2.75) is 18.9 Å². The molecule has 0 fully saturated rings. The number of aromatic nitrogens is 2. The van der Waals surface area contributed by atoms with Gasteiger partial charge in [0.15, 0.2) is 0 Å². The van der Waals surface area contributed by atoms with Crippen LogP contribution < -0.4 is 10.1 Å². The van der Waals surface area contributed by atoms with Crippen LogP contribution in [0.4, 0.5) is 0 Å². The standard InChI is InChI=1S/C15H21N3O/c1-16-14(8-12-10-17-18(2)11-12)9-13-6-4-5-7-15(13)19-3/h4-7,10-11,14,16H,8-9H2,1-3H3. The van der Waals surface area contributed by atoms with Crippen molar-refractivity contribution >= 4 is 0 Å². The molecule has 1 aromatic carbocycles. The first-order valence-electron chi connectivity index (χ1n) is 6.49. The van der Waals surface area contributed by atoms with E-state index < -0.39 is 0 Å². The quantitative estimate of drug-likeness (QED) is 0.860. The van der Waals surface area contributed by atoms with Gasteiger partial charge in [0.05, 0.1) is 13.3 Å². The molecule has 4 nitrogen and oxygen atoms in total. The van der Waals surface area contributed by atoms with E-state index in [0.717, 1.165) is 18.6 Å². The Balaban J connectivity index is 2.06. The molecule has 1 N–H and O–H groups in total. The predicted molar refractivity (Wildman–Crippen MR) is 76.5 cm³/mol. The van der Waals surface area contributed by atoms with Crippen molar-refractivity contribution in [3.8, 4) is 5.75 Å². The Morgan fingerprint density at radius 3 is 2.74 bits per heavy atom. The molecule has 0 aliphatic heterocycles. The third-order valence-electron chi connectivity index (χ3n) is 3.31. The van der Waals surface area contributed by atoms with Gasteiger partial charge in [-0.15, -0.1) is 0 Å². The Morgan fingerprint density at radius 2 is 2.11 bits per heavy atom.